The van der Waals surface area contributed by atoms with Crippen LogP contribution in [-0.2, 0) is 27.9 Å². The number of phosphoric acid groups is 1. The Kier molecular flexibility index (Phi) is 61.5. The van der Waals surface area contributed by atoms with Crippen LogP contribution in [0.4, 0.5) is 0 Å². The van der Waals surface area contributed by atoms with E-state index in [1.54, 1.807) is 0 Å². The molecule has 10 heteroatoms. The van der Waals surface area contributed by atoms with Crippen LogP contribution in [0.15, 0.2) is 48.6 Å². The lowest BCUT2D eigenvalue weighted by Gasteiger charge is -2.30. The average Bonchev–Trinajstić information content (AvgIpc) is 3.46. The minimum absolute atomic E-state index is 0.0211. The van der Waals surface area contributed by atoms with E-state index in [1.165, 1.54) is 257 Å². The molecule has 0 saturated carbocycles. The molecule has 3 atom stereocenters. The van der Waals surface area contributed by atoms with Crippen molar-refractivity contribution < 1.29 is 37.3 Å². The van der Waals surface area contributed by atoms with Gasteiger partial charge in [0.1, 0.15) is 19.3 Å². The Labute approximate surface area is 516 Å². The number of carbonyl (C=O) groups excluding carboxylic acids is 2. The molecule has 0 saturated heterocycles. The lowest BCUT2D eigenvalue weighted by atomic mass is 10.0. The van der Waals surface area contributed by atoms with Gasteiger partial charge in [0.15, 0.2) is 0 Å². The normalized spacial score (nSPS) is 13.8. The molecular weight excluding hydrogens is 1050 g/mol. The van der Waals surface area contributed by atoms with E-state index < -0.39 is 20.0 Å². The van der Waals surface area contributed by atoms with Crippen LogP contribution in [0, 0.1) is 0 Å². The number of likely N-dealkylation sites (N-methyl/N-ethyl adjacent to an activating group) is 1. The van der Waals surface area contributed by atoms with Crippen molar-refractivity contribution in [1.82, 2.24) is 5.32 Å². The molecule has 0 heterocycles. The zero-order chi connectivity index (χ0) is 60.7. The van der Waals surface area contributed by atoms with Gasteiger partial charge in [-0.3, -0.25) is 14.2 Å². The predicted octanol–water partition coefficient (Wildman–Crippen LogP) is 22.2. The Morgan fingerprint density at radius 3 is 1.12 bits per heavy atom. The fraction of sp³-hybridized carbons (Fsp3) is 0.863. The van der Waals surface area contributed by atoms with Gasteiger partial charge >= 0.3 is 5.97 Å². The Hall–Kier alpha value is -2.03. The van der Waals surface area contributed by atoms with Gasteiger partial charge in [0, 0.05) is 12.8 Å². The highest BCUT2D eigenvalue weighted by molar-refractivity contribution is 7.45. The predicted molar refractivity (Wildman–Crippen MR) is 358 cm³/mol. The molecule has 0 aromatic rings. The third-order valence-corrected chi connectivity index (χ3v) is 17.2. The second-order valence-electron chi connectivity index (χ2n) is 25.7. The summed E-state index contributed by atoms with van der Waals surface area (Å²) < 4.78 is 30.5. The van der Waals surface area contributed by atoms with Crippen molar-refractivity contribution in [2.75, 3.05) is 40.9 Å². The number of hydrogen-bond acceptors (Lipinski definition) is 7. The van der Waals surface area contributed by atoms with Crippen LogP contribution < -0.4 is 10.2 Å². The first-order valence-electron chi connectivity index (χ1n) is 35.9. The summed E-state index contributed by atoms with van der Waals surface area (Å²) in [6, 6.07) is -0.889. The smallest absolute Gasteiger partial charge is 0.306 e. The van der Waals surface area contributed by atoms with Gasteiger partial charge in [0.2, 0.25) is 5.91 Å². The molecule has 1 N–H and O–H groups in total. The lowest BCUT2D eigenvalue weighted by Crippen LogP contribution is -2.47. The van der Waals surface area contributed by atoms with E-state index in [0.717, 1.165) is 64.2 Å². The minimum atomic E-state index is -4.70. The van der Waals surface area contributed by atoms with E-state index in [2.05, 4.69) is 62.5 Å². The number of unbranched alkanes of at least 4 members (excludes halogenated alkanes) is 44. The maximum Gasteiger partial charge on any atom is 0.306 e. The summed E-state index contributed by atoms with van der Waals surface area (Å²) in [5.74, 6) is -0.527. The number of rotatable bonds is 66. The maximum atomic E-state index is 13.6. The molecule has 0 aromatic heterocycles. The molecule has 0 aliphatic rings. The van der Waals surface area contributed by atoms with Crippen LogP contribution in [0.1, 0.15) is 355 Å². The number of hydrogen-bond donors (Lipinski definition) is 1. The largest absolute Gasteiger partial charge is 0.756 e. The van der Waals surface area contributed by atoms with Gasteiger partial charge in [0.25, 0.3) is 7.82 Å². The topological polar surface area (TPSA) is 114 Å². The van der Waals surface area contributed by atoms with E-state index >= 15 is 0 Å². The van der Waals surface area contributed by atoms with Gasteiger partial charge in [-0.15, -0.1) is 0 Å². The molecular formula is C73H139N2O7P. The second kappa shape index (κ2) is 63.0. The molecule has 0 aliphatic carbocycles. The second-order valence-corrected chi connectivity index (χ2v) is 27.1. The summed E-state index contributed by atoms with van der Waals surface area (Å²) in [6.45, 7) is 6.87. The SMILES string of the molecule is CCCCC/C=C\C/C=C\CCCCCCCCCCCCCCCCCC(=O)OC(/C=C\CCCCCCCCCCCCC)C(COP(=O)([O-])OCC[N+](C)(C)C)NC(=O)CCCCCCCCCCC/C=C/CCCCCCCC. The van der Waals surface area contributed by atoms with Crippen LogP contribution in [0.25, 0.3) is 0 Å². The van der Waals surface area contributed by atoms with Crippen molar-refractivity contribution in [2.45, 2.75) is 367 Å². The monoisotopic (exact) mass is 1190 g/mol. The molecule has 0 rings (SSSR count). The van der Waals surface area contributed by atoms with Gasteiger partial charge in [-0.25, -0.2) is 0 Å². The molecule has 83 heavy (non-hydrogen) atoms. The Morgan fingerprint density at radius 2 is 0.735 bits per heavy atom. The van der Waals surface area contributed by atoms with Gasteiger partial charge in [0.05, 0.1) is 33.8 Å². The van der Waals surface area contributed by atoms with Crippen LogP contribution >= 0.6 is 7.82 Å². The van der Waals surface area contributed by atoms with Crippen molar-refractivity contribution >= 4 is 19.7 Å². The molecule has 0 aliphatic heterocycles. The first-order chi connectivity index (χ1) is 40.4. The van der Waals surface area contributed by atoms with Gasteiger partial charge in [-0.2, -0.15) is 0 Å². The number of phosphoric ester groups is 1. The van der Waals surface area contributed by atoms with E-state index in [1.807, 2.05) is 33.3 Å². The number of carbonyl (C=O) groups is 2. The standard InChI is InChI=1S/C73H139N2O7P/c1-7-10-13-16-19-22-25-28-30-32-34-35-36-37-38-39-41-43-45-48-51-54-57-60-63-66-73(77)82-71(64-61-58-55-52-49-46-27-24-21-18-15-12-9-3)70(69-81-83(78,79)80-68-67-75(4,5)6)74-72(76)65-62-59-56-53-50-47-44-42-40-33-31-29-26-23-20-17-14-11-8-2/h19,22,28-31,61,64,70-71H,7-18,20-21,23-27,32-60,62-63,65-69H2,1-6H3,(H-,74,76,78,79)/b22-19-,30-28-,31-29+,64-61-. The van der Waals surface area contributed by atoms with Gasteiger partial charge in [-0.05, 0) is 89.5 Å². The van der Waals surface area contributed by atoms with E-state index in [4.69, 9.17) is 13.8 Å². The molecule has 0 radical (unpaired) electrons. The van der Waals surface area contributed by atoms with Gasteiger partial charge < -0.3 is 28.5 Å². The van der Waals surface area contributed by atoms with E-state index in [9.17, 15) is 19.0 Å². The van der Waals surface area contributed by atoms with Crippen molar-refractivity contribution in [3.8, 4) is 0 Å². The van der Waals surface area contributed by atoms with Crippen molar-refractivity contribution in [3.63, 3.8) is 0 Å². The van der Waals surface area contributed by atoms with Crippen LogP contribution in [-0.4, -0.2) is 69.4 Å². The lowest BCUT2D eigenvalue weighted by molar-refractivity contribution is -0.870. The van der Waals surface area contributed by atoms with Crippen LogP contribution in [0.2, 0.25) is 0 Å². The highest BCUT2D eigenvalue weighted by atomic mass is 31.2. The minimum Gasteiger partial charge on any atom is -0.756 e. The third kappa shape index (κ3) is 64.3. The molecule has 0 fully saturated rings. The highest BCUT2D eigenvalue weighted by Crippen LogP contribution is 2.38. The summed E-state index contributed by atoms with van der Waals surface area (Å²) in [5, 5.41) is 3.05. The molecule has 488 valence electrons. The number of nitrogens with zero attached hydrogens (tertiary/aromatic N) is 1. The third-order valence-electron chi connectivity index (χ3n) is 16.2. The quantitative estimate of drug-likeness (QED) is 0.0212. The number of allylic oxidation sites excluding steroid dienone is 7. The molecule has 0 spiro atoms. The Balaban J connectivity index is 5.07. The molecule has 3 unspecified atom stereocenters. The van der Waals surface area contributed by atoms with Crippen molar-refractivity contribution in [3.05, 3.63) is 48.6 Å². The summed E-state index contributed by atoms with van der Waals surface area (Å²) in [4.78, 5) is 40.2. The summed E-state index contributed by atoms with van der Waals surface area (Å²) >= 11 is 0. The highest BCUT2D eigenvalue weighted by Gasteiger charge is 2.27. The van der Waals surface area contributed by atoms with E-state index in [0.29, 0.717) is 17.4 Å². The van der Waals surface area contributed by atoms with Gasteiger partial charge in [-0.1, -0.05) is 301 Å². The number of ether oxygens (including phenoxy) is 1. The molecule has 9 nitrogen and oxygen atoms in total. The number of nitrogens with one attached hydrogen (secondary N) is 1. The zero-order valence-corrected chi connectivity index (χ0v) is 56.8. The fourth-order valence-electron chi connectivity index (χ4n) is 10.7. The van der Waals surface area contributed by atoms with E-state index in [-0.39, 0.29) is 31.5 Å². The average molecular weight is 1190 g/mol. The first kappa shape index (κ1) is 81.0. The molecule has 0 aromatic carbocycles. The Bertz CT molecular complexity index is 1560. The molecule has 0 bridgehead atoms. The van der Waals surface area contributed by atoms with Crippen LogP contribution in [0.3, 0.4) is 0 Å². The Morgan fingerprint density at radius 1 is 0.422 bits per heavy atom. The molecule has 1 amide bonds. The number of quaternary nitrogens is 1. The number of esters is 1. The number of amides is 1. The summed E-state index contributed by atoms with van der Waals surface area (Å²) in [7, 11) is 1.20. The summed E-state index contributed by atoms with van der Waals surface area (Å²) in [5.41, 5.74) is 0. The first-order valence-corrected chi connectivity index (χ1v) is 37.4. The fourth-order valence-corrected chi connectivity index (χ4v) is 11.4. The zero-order valence-electron chi connectivity index (χ0n) is 55.9. The van der Waals surface area contributed by atoms with Crippen molar-refractivity contribution in [2.24, 2.45) is 0 Å². The summed E-state index contributed by atoms with van der Waals surface area (Å²) in [6.07, 6.45) is 79.4. The van der Waals surface area contributed by atoms with Crippen molar-refractivity contribution in [1.29, 1.82) is 0 Å². The van der Waals surface area contributed by atoms with Crippen LogP contribution in [0.5, 0.6) is 0 Å². The maximum absolute atomic E-state index is 13.6.